The fourth-order valence-corrected chi connectivity index (χ4v) is 4.56. The molecule has 0 amide bonds. The van der Waals surface area contributed by atoms with Gasteiger partial charge in [-0.2, -0.15) is 5.10 Å². The van der Waals surface area contributed by atoms with Crippen molar-refractivity contribution in [2.75, 3.05) is 31.2 Å². The average molecular weight is 445 g/mol. The second kappa shape index (κ2) is 9.93. The third-order valence-electron chi connectivity index (χ3n) is 5.29. The summed E-state index contributed by atoms with van der Waals surface area (Å²) in [5.41, 5.74) is 3.63. The first-order valence-electron chi connectivity index (χ1n) is 10.6. The minimum atomic E-state index is 0.698. The summed E-state index contributed by atoms with van der Waals surface area (Å²) < 4.78 is 7.26. The highest BCUT2D eigenvalue weighted by atomic mass is 32.2. The van der Waals surface area contributed by atoms with Gasteiger partial charge in [-0.3, -0.25) is 0 Å². The van der Waals surface area contributed by atoms with Gasteiger partial charge >= 0.3 is 0 Å². The number of ether oxygens (including phenoxy) is 1. The maximum absolute atomic E-state index is 5.44. The number of rotatable bonds is 7. The smallest absolute Gasteiger partial charge is 0.137 e. The third-order valence-corrected chi connectivity index (χ3v) is 6.21. The SMILES string of the molecule is c1cc(Cn2cncn2)cc(Sc2ccnc(Cc3ccc(N4CCOCC4)cc3)n2)c1. The minimum Gasteiger partial charge on any atom is -0.378 e. The molecular weight excluding hydrogens is 420 g/mol. The zero-order valence-corrected chi connectivity index (χ0v) is 18.5. The Morgan fingerprint density at radius 1 is 0.969 bits per heavy atom. The van der Waals surface area contributed by atoms with E-state index in [0.717, 1.165) is 42.0 Å². The molecule has 3 heterocycles. The van der Waals surface area contributed by atoms with Crippen molar-refractivity contribution in [1.82, 2.24) is 24.7 Å². The van der Waals surface area contributed by atoms with Gasteiger partial charge in [-0.25, -0.2) is 19.6 Å². The van der Waals surface area contributed by atoms with Crippen molar-refractivity contribution in [1.29, 1.82) is 0 Å². The fourth-order valence-electron chi connectivity index (χ4n) is 3.68. The van der Waals surface area contributed by atoms with E-state index in [0.29, 0.717) is 13.0 Å². The molecule has 0 spiro atoms. The van der Waals surface area contributed by atoms with Crippen LogP contribution in [0.4, 0.5) is 5.69 Å². The number of hydrogen-bond acceptors (Lipinski definition) is 7. The Kier molecular flexibility index (Phi) is 6.41. The number of morpholine rings is 1. The normalized spacial score (nSPS) is 13.9. The molecular formula is C24H24N6OS. The first-order valence-corrected chi connectivity index (χ1v) is 11.5. The number of benzene rings is 2. The molecule has 0 saturated carbocycles. The lowest BCUT2D eigenvalue weighted by atomic mass is 10.1. The molecule has 2 aromatic heterocycles. The van der Waals surface area contributed by atoms with Crippen LogP contribution in [-0.2, 0) is 17.7 Å². The van der Waals surface area contributed by atoms with Crippen molar-refractivity contribution in [2.24, 2.45) is 0 Å². The molecule has 4 aromatic rings. The molecule has 0 unspecified atom stereocenters. The summed E-state index contributed by atoms with van der Waals surface area (Å²) in [6, 6.07) is 19.1. The molecule has 2 aromatic carbocycles. The van der Waals surface area contributed by atoms with E-state index in [-0.39, 0.29) is 0 Å². The summed E-state index contributed by atoms with van der Waals surface area (Å²) in [5.74, 6) is 0.827. The Balaban J connectivity index is 1.24. The third kappa shape index (κ3) is 5.33. The van der Waals surface area contributed by atoms with E-state index in [2.05, 4.69) is 68.5 Å². The van der Waals surface area contributed by atoms with Gasteiger partial charge in [-0.1, -0.05) is 36.0 Å². The number of anilines is 1. The Morgan fingerprint density at radius 3 is 2.66 bits per heavy atom. The maximum atomic E-state index is 5.44. The monoisotopic (exact) mass is 444 g/mol. The Labute approximate surface area is 191 Å². The fraction of sp³-hybridized carbons (Fsp3) is 0.250. The molecule has 32 heavy (non-hydrogen) atoms. The summed E-state index contributed by atoms with van der Waals surface area (Å²) in [7, 11) is 0. The standard InChI is InChI=1S/C24H24N6OS/c1-2-20(16-30-18-25-17-27-30)14-22(3-1)32-24-8-9-26-23(28-24)15-19-4-6-21(7-5-19)29-10-12-31-13-11-29/h1-9,14,17-18H,10-13,15-16H2. The number of aromatic nitrogens is 5. The van der Waals surface area contributed by atoms with Gasteiger partial charge in [0.1, 0.15) is 23.5 Å². The topological polar surface area (TPSA) is 69.0 Å². The average Bonchev–Trinajstić information content (AvgIpc) is 3.34. The van der Waals surface area contributed by atoms with E-state index < -0.39 is 0 Å². The van der Waals surface area contributed by atoms with Gasteiger partial charge in [0.15, 0.2) is 0 Å². The largest absolute Gasteiger partial charge is 0.378 e. The van der Waals surface area contributed by atoms with E-state index >= 15 is 0 Å². The van der Waals surface area contributed by atoms with Crippen LogP contribution in [0.25, 0.3) is 0 Å². The summed E-state index contributed by atoms with van der Waals surface area (Å²) in [6.07, 6.45) is 5.83. The van der Waals surface area contributed by atoms with Gasteiger partial charge in [0.05, 0.1) is 19.8 Å². The molecule has 1 saturated heterocycles. The van der Waals surface area contributed by atoms with Crippen molar-refractivity contribution >= 4 is 17.4 Å². The van der Waals surface area contributed by atoms with Crippen LogP contribution in [0.1, 0.15) is 17.0 Å². The van der Waals surface area contributed by atoms with Crippen LogP contribution in [0.3, 0.4) is 0 Å². The highest BCUT2D eigenvalue weighted by Crippen LogP contribution is 2.27. The van der Waals surface area contributed by atoms with Crippen molar-refractivity contribution in [3.8, 4) is 0 Å². The summed E-state index contributed by atoms with van der Waals surface area (Å²) >= 11 is 1.65. The Bertz CT molecular complexity index is 1140. The van der Waals surface area contributed by atoms with Gasteiger partial charge in [-0.15, -0.1) is 0 Å². The zero-order valence-electron chi connectivity index (χ0n) is 17.7. The molecule has 7 nitrogen and oxygen atoms in total. The maximum Gasteiger partial charge on any atom is 0.137 e. The second-order valence-electron chi connectivity index (χ2n) is 7.60. The van der Waals surface area contributed by atoms with E-state index in [9.17, 15) is 0 Å². The predicted octanol–water partition coefficient (Wildman–Crippen LogP) is 3.70. The summed E-state index contributed by atoms with van der Waals surface area (Å²) in [4.78, 5) is 16.8. The molecule has 1 fully saturated rings. The molecule has 5 rings (SSSR count). The lowest BCUT2D eigenvalue weighted by Crippen LogP contribution is -2.36. The molecule has 0 atom stereocenters. The van der Waals surface area contributed by atoms with Gasteiger partial charge in [-0.05, 0) is 41.5 Å². The molecule has 1 aliphatic heterocycles. The summed E-state index contributed by atoms with van der Waals surface area (Å²) in [6.45, 7) is 4.18. The molecule has 162 valence electrons. The van der Waals surface area contributed by atoms with Crippen LogP contribution < -0.4 is 4.90 Å². The van der Waals surface area contributed by atoms with E-state index in [4.69, 9.17) is 9.72 Å². The van der Waals surface area contributed by atoms with E-state index in [1.165, 1.54) is 16.8 Å². The molecule has 1 aliphatic rings. The van der Waals surface area contributed by atoms with Gasteiger partial charge < -0.3 is 9.64 Å². The highest BCUT2D eigenvalue weighted by Gasteiger charge is 2.11. The molecule has 8 heteroatoms. The molecule has 0 bridgehead atoms. The van der Waals surface area contributed by atoms with Gasteiger partial charge in [0.2, 0.25) is 0 Å². The number of hydrogen-bond donors (Lipinski definition) is 0. The quantitative estimate of drug-likeness (QED) is 0.403. The van der Waals surface area contributed by atoms with Gasteiger partial charge in [0, 0.05) is 36.3 Å². The van der Waals surface area contributed by atoms with Crippen LogP contribution in [0.15, 0.2) is 83.4 Å². The predicted molar refractivity (Wildman–Crippen MR) is 124 cm³/mol. The van der Waals surface area contributed by atoms with Crippen LogP contribution in [0.5, 0.6) is 0 Å². The lowest BCUT2D eigenvalue weighted by Gasteiger charge is -2.28. The van der Waals surface area contributed by atoms with E-state index in [1.54, 1.807) is 24.4 Å². The van der Waals surface area contributed by atoms with Crippen molar-refractivity contribution < 1.29 is 4.74 Å². The van der Waals surface area contributed by atoms with Crippen LogP contribution in [0, 0.1) is 0 Å². The minimum absolute atomic E-state index is 0.698. The summed E-state index contributed by atoms with van der Waals surface area (Å²) in [5, 5.41) is 5.12. The molecule has 0 aliphatic carbocycles. The number of nitrogens with zero attached hydrogens (tertiary/aromatic N) is 6. The Morgan fingerprint density at radius 2 is 1.84 bits per heavy atom. The highest BCUT2D eigenvalue weighted by molar-refractivity contribution is 7.99. The van der Waals surface area contributed by atoms with E-state index in [1.807, 2.05) is 16.9 Å². The molecule has 0 radical (unpaired) electrons. The van der Waals surface area contributed by atoms with Gasteiger partial charge in [0.25, 0.3) is 0 Å². The van der Waals surface area contributed by atoms with Crippen molar-refractivity contribution in [3.05, 3.63) is 90.4 Å². The first kappa shape index (κ1) is 20.7. The van der Waals surface area contributed by atoms with Crippen LogP contribution in [-0.4, -0.2) is 51.0 Å². The first-order chi connectivity index (χ1) is 15.8. The van der Waals surface area contributed by atoms with Crippen molar-refractivity contribution in [3.63, 3.8) is 0 Å². The zero-order chi connectivity index (χ0) is 21.6. The van der Waals surface area contributed by atoms with Crippen LogP contribution in [0.2, 0.25) is 0 Å². The van der Waals surface area contributed by atoms with Crippen molar-refractivity contribution in [2.45, 2.75) is 22.9 Å². The van der Waals surface area contributed by atoms with Crippen LogP contribution >= 0.6 is 11.8 Å². The lowest BCUT2D eigenvalue weighted by molar-refractivity contribution is 0.122. The second-order valence-corrected chi connectivity index (χ2v) is 8.69. The molecule has 0 N–H and O–H groups in total. The Hall–Kier alpha value is -3.23.